The molecule has 3 rings (SSSR count). The third kappa shape index (κ3) is 6.11. The summed E-state index contributed by atoms with van der Waals surface area (Å²) in [6.07, 6.45) is 5.08. The predicted octanol–water partition coefficient (Wildman–Crippen LogP) is -0.624. The zero-order valence-electron chi connectivity index (χ0n) is 23.8. The van der Waals surface area contributed by atoms with Crippen LogP contribution in [0.15, 0.2) is 36.5 Å². The maximum Gasteiger partial charge on any atom is 0.258 e. The lowest BCUT2D eigenvalue weighted by atomic mass is 9.87. The first-order chi connectivity index (χ1) is 19.6. The average molecular weight is 594 g/mol. The highest BCUT2D eigenvalue weighted by atomic mass is 16.7. The van der Waals surface area contributed by atoms with Gasteiger partial charge in [0.05, 0.1) is 19.8 Å². The number of hydrogen-bond acceptors (Lipinski definition) is 12. The van der Waals surface area contributed by atoms with Gasteiger partial charge >= 0.3 is 0 Å². The van der Waals surface area contributed by atoms with Gasteiger partial charge in [-0.25, -0.2) is 14.7 Å². The number of ether oxygens (including phenoxy) is 3. The van der Waals surface area contributed by atoms with Crippen LogP contribution in [0.4, 0.5) is 0 Å². The van der Waals surface area contributed by atoms with Crippen LogP contribution in [-0.2, 0) is 43.0 Å². The molecule has 3 atom stereocenters. The third-order valence-corrected chi connectivity index (χ3v) is 7.44. The molecule has 0 spiro atoms. The zero-order chi connectivity index (χ0) is 31.5. The van der Waals surface area contributed by atoms with E-state index < -0.39 is 78.4 Å². The zero-order valence-corrected chi connectivity index (χ0v) is 23.8. The van der Waals surface area contributed by atoms with Crippen LogP contribution in [0, 0.1) is 5.41 Å². The van der Waals surface area contributed by atoms with Crippen molar-refractivity contribution in [1.29, 1.82) is 0 Å². The van der Waals surface area contributed by atoms with Gasteiger partial charge in [-0.15, -0.1) is 0 Å². The molecule has 230 valence electrons. The first kappa shape index (κ1) is 32.9. The number of amides is 6. The van der Waals surface area contributed by atoms with Gasteiger partial charge in [0.1, 0.15) is 0 Å². The number of aliphatic hydroxyl groups is 3. The molecule has 3 heterocycles. The highest BCUT2D eigenvalue weighted by molar-refractivity contribution is 6.14. The minimum absolute atomic E-state index is 0.0623. The van der Waals surface area contributed by atoms with Gasteiger partial charge < -0.3 is 29.5 Å². The molecular weight excluding hydrogens is 558 g/mol. The molecule has 15 nitrogen and oxygen atoms in total. The lowest BCUT2D eigenvalue weighted by Crippen LogP contribution is -2.58. The third-order valence-electron chi connectivity index (χ3n) is 7.44. The molecule has 3 aliphatic heterocycles. The molecule has 42 heavy (non-hydrogen) atoms. The van der Waals surface area contributed by atoms with Crippen molar-refractivity contribution in [2.24, 2.45) is 5.41 Å². The second kappa shape index (κ2) is 12.3. The van der Waals surface area contributed by atoms with Crippen LogP contribution >= 0.6 is 0 Å². The molecule has 3 N–H and O–H groups in total. The van der Waals surface area contributed by atoms with Crippen molar-refractivity contribution in [3.05, 3.63) is 36.5 Å². The Balaban J connectivity index is 1.92. The van der Waals surface area contributed by atoms with E-state index in [0.717, 1.165) is 36.5 Å². The lowest BCUT2D eigenvalue weighted by Gasteiger charge is -2.43. The molecule has 0 aromatic rings. The van der Waals surface area contributed by atoms with E-state index in [9.17, 15) is 44.1 Å². The van der Waals surface area contributed by atoms with Gasteiger partial charge in [-0.05, 0) is 6.42 Å². The fourth-order valence-corrected chi connectivity index (χ4v) is 4.45. The van der Waals surface area contributed by atoms with E-state index in [1.165, 1.54) is 20.8 Å². The van der Waals surface area contributed by atoms with Crippen molar-refractivity contribution >= 4 is 35.4 Å². The van der Waals surface area contributed by atoms with Gasteiger partial charge in [0.15, 0.2) is 0 Å². The highest BCUT2D eigenvalue weighted by Crippen LogP contribution is 2.35. The Labute approximate surface area is 241 Å². The summed E-state index contributed by atoms with van der Waals surface area (Å²) in [7, 11) is 0. The van der Waals surface area contributed by atoms with E-state index in [-0.39, 0.29) is 25.7 Å². The van der Waals surface area contributed by atoms with Crippen molar-refractivity contribution in [2.45, 2.75) is 71.1 Å². The second-order valence-electron chi connectivity index (χ2n) is 10.0. The number of carbonyl (C=O) groups is 6. The van der Waals surface area contributed by atoms with Crippen LogP contribution in [-0.4, -0.2) is 103 Å². The maximum absolute atomic E-state index is 12.3. The van der Waals surface area contributed by atoms with Crippen molar-refractivity contribution in [1.82, 2.24) is 14.7 Å². The molecule has 0 saturated heterocycles. The minimum Gasteiger partial charge on any atom is -0.348 e. The summed E-state index contributed by atoms with van der Waals surface area (Å²) in [5.74, 6) is -12.2. The van der Waals surface area contributed by atoms with Gasteiger partial charge in [0.2, 0.25) is 0 Å². The van der Waals surface area contributed by atoms with Crippen LogP contribution in [0.25, 0.3) is 0 Å². The van der Waals surface area contributed by atoms with Crippen LogP contribution < -0.4 is 0 Å². The van der Waals surface area contributed by atoms with Crippen molar-refractivity contribution < 1.29 is 58.3 Å². The molecule has 15 heteroatoms. The molecule has 3 unspecified atom stereocenters. The monoisotopic (exact) mass is 593 g/mol. The number of nitrogens with zero attached hydrogens (tertiary/aromatic N) is 3. The molecule has 6 amide bonds. The number of rotatable bonds is 16. The van der Waals surface area contributed by atoms with Crippen LogP contribution in [0.3, 0.4) is 0 Å². The molecule has 0 saturated carbocycles. The Morgan fingerprint density at radius 1 is 0.476 bits per heavy atom. The summed E-state index contributed by atoms with van der Waals surface area (Å²) in [5, 5.41) is 33.5. The van der Waals surface area contributed by atoms with Crippen LogP contribution in [0.5, 0.6) is 0 Å². The lowest BCUT2D eigenvalue weighted by molar-refractivity contribution is -0.324. The summed E-state index contributed by atoms with van der Waals surface area (Å²) in [4.78, 5) is 75.4. The molecule has 0 aromatic heterocycles. The van der Waals surface area contributed by atoms with E-state index in [1.807, 2.05) is 0 Å². The molecule has 0 aliphatic carbocycles. The molecule has 0 fully saturated rings. The molecule has 0 bridgehead atoms. The summed E-state index contributed by atoms with van der Waals surface area (Å²) in [6.45, 7) is 4.40. The van der Waals surface area contributed by atoms with Crippen molar-refractivity contribution in [2.75, 3.05) is 19.8 Å². The van der Waals surface area contributed by atoms with E-state index in [4.69, 9.17) is 14.2 Å². The number of hydrogen-bond donors (Lipinski definition) is 3. The van der Waals surface area contributed by atoms with Crippen molar-refractivity contribution in [3.8, 4) is 0 Å². The van der Waals surface area contributed by atoms with Crippen molar-refractivity contribution in [3.63, 3.8) is 0 Å². The number of carbonyl (C=O) groups excluding carboxylic acids is 6. The SMILES string of the molecule is CCC(COC(O)(CC)N1C(=O)C=CC1=O)(COC(O)(CC)N1C(=O)C=CC1=O)COC(O)(CC)N1C(=O)C=CC1=O. The first-order valence-corrected chi connectivity index (χ1v) is 13.4. The minimum atomic E-state index is -2.42. The van der Waals surface area contributed by atoms with Gasteiger partial charge in [-0.1, -0.05) is 27.7 Å². The largest absolute Gasteiger partial charge is 0.348 e. The summed E-state index contributed by atoms with van der Waals surface area (Å²) in [6, 6.07) is 0. The Morgan fingerprint density at radius 2 is 0.690 bits per heavy atom. The van der Waals surface area contributed by atoms with Gasteiger partial charge in [0, 0.05) is 61.1 Å². The van der Waals surface area contributed by atoms with E-state index in [1.54, 1.807) is 6.92 Å². The average Bonchev–Trinajstić information content (AvgIpc) is 3.62. The quantitative estimate of drug-likeness (QED) is 0.151. The molecule has 3 aliphatic rings. The topological polar surface area (TPSA) is 201 Å². The Morgan fingerprint density at radius 3 is 0.857 bits per heavy atom. The van der Waals surface area contributed by atoms with E-state index in [2.05, 4.69) is 0 Å². The van der Waals surface area contributed by atoms with Gasteiger partial charge in [-0.2, -0.15) is 0 Å². The predicted molar refractivity (Wildman–Crippen MR) is 139 cm³/mol. The Bertz CT molecular complexity index is 1050. The van der Waals surface area contributed by atoms with Crippen LogP contribution in [0.1, 0.15) is 53.4 Å². The highest BCUT2D eigenvalue weighted by Gasteiger charge is 2.50. The maximum atomic E-state index is 12.3. The molecule has 0 radical (unpaired) electrons. The number of imide groups is 3. The molecule has 0 aromatic carbocycles. The fourth-order valence-electron chi connectivity index (χ4n) is 4.45. The summed E-state index contributed by atoms with van der Waals surface area (Å²) in [5.41, 5.74) is -1.45. The summed E-state index contributed by atoms with van der Waals surface area (Å²) >= 11 is 0. The first-order valence-electron chi connectivity index (χ1n) is 13.4. The van der Waals surface area contributed by atoms with E-state index >= 15 is 0 Å². The normalized spacial score (nSPS) is 22.8. The standard InChI is InChI=1S/C27H35N3O12/c1-5-24(15-40-25(37,6-2)28-18(31)9-10-19(28)32,16-41-26(38,7-3)29-20(33)11-12-21(29)34)17-42-27(39,8-4)30-22(35)13-14-23(30)36/h9-14,37-39H,5-8,15-17H2,1-4H3. The van der Waals surface area contributed by atoms with Gasteiger partial charge in [-0.3, -0.25) is 28.8 Å². The Hall–Kier alpha value is -3.60. The van der Waals surface area contributed by atoms with Gasteiger partial charge in [0.25, 0.3) is 53.2 Å². The second-order valence-corrected chi connectivity index (χ2v) is 10.0. The van der Waals surface area contributed by atoms with E-state index in [0.29, 0.717) is 14.7 Å². The summed E-state index contributed by atoms with van der Waals surface area (Å²) < 4.78 is 17.3. The Kier molecular flexibility index (Phi) is 9.66. The molecular formula is C27H35N3O12. The smallest absolute Gasteiger partial charge is 0.258 e. The van der Waals surface area contributed by atoms with Crippen LogP contribution in [0.2, 0.25) is 0 Å². The fraction of sp³-hybridized carbons (Fsp3) is 0.556.